The number of thioether (sulfide) groups is 1. The molecule has 0 bridgehead atoms. The molecule has 0 aliphatic carbocycles. The van der Waals surface area contributed by atoms with Gasteiger partial charge in [0.05, 0.1) is 30.2 Å². The standard InChI is InChI=1S/C20H21N3O3S/c1-14-17(9-11-25-14)19-21-22-20(23(19)12-16-8-5-10-26-16)27-13-18(24)15-6-3-2-4-7-15/h2-4,6-7,9,11,16H,5,8,10,12-13H2,1H3. The van der Waals surface area contributed by atoms with Crippen molar-refractivity contribution in [2.24, 2.45) is 0 Å². The summed E-state index contributed by atoms with van der Waals surface area (Å²) in [6.45, 7) is 3.38. The second-order valence-corrected chi connectivity index (χ2v) is 7.46. The van der Waals surface area contributed by atoms with Crippen molar-refractivity contribution in [2.75, 3.05) is 12.4 Å². The molecule has 1 unspecified atom stereocenters. The van der Waals surface area contributed by atoms with E-state index in [9.17, 15) is 4.79 Å². The number of ketones is 1. The molecule has 3 aromatic rings. The Balaban J connectivity index is 1.57. The number of carbonyl (C=O) groups excluding carboxylic acids is 1. The lowest BCUT2D eigenvalue weighted by atomic mass is 10.2. The molecule has 0 spiro atoms. The molecule has 1 saturated heterocycles. The maximum atomic E-state index is 12.4. The van der Waals surface area contributed by atoms with Crippen molar-refractivity contribution in [1.29, 1.82) is 0 Å². The number of hydrogen-bond donors (Lipinski definition) is 0. The number of rotatable bonds is 7. The van der Waals surface area contributed by atoms with Gasteiger partial charge in [0.15, 0.2) is 16.8 Å². The Kier molecular flexibility index (Phi) is 5.40. The number of carbonyl (C=O) groups is 1. The molecule has 0 radical (unpaired) electrons. The van der Waals surface area contributed by atoms with Gasteiger partial charge in [-0.15, -0.1) is 10.2 Å². The van der Waals surface area contributed by atoms with Crippen molar-refractivity contribution in [3.8, 4) is 11.4 Å². The predicted octanol–water partition coefficient (Wildman–Crippen LogP) is 4.00. The van der Waals surface area contributed by atoms with Crippen LogP contribution < -0.4 is 0 Å². The lowest BCUT2D eigenvalue weighted by Crippen LogP contribution is -2.17. The van der Waals surface area contributed by atoms with Gasteiger partial charge >= 0.3 is 0 Å². The summed E-state index contributed by atoms with van der Waals surface area (Å²) in [4.78, 5) is 12.4. The van der Waals surface area contributed by atoms with Crippen LogP contribution in [0.4, 0.5) is 0 Å². The highest BCUT2D eigenvalue weighted by Crippen LogP contribution is 2.29. The summed E-state index contributed by atoms with van der Waals surface area (Å²) in [5.74, 6) is 1.95. The van der Waals surface area contributed by atoms with Gasteiger partial charge in [-0.05, 0) is 25.8 Å². The van der Waals surface area contributed by atoms with Crippen molar-refractivity contribution in [3.05, 3.63) is 54.0 Å². The van der Waals surface area contributed by atoms with Crippen molar-refractivity contribution in [3.63, 3.8) is 0 Å². The third kappa shape index (κ3) is 3.99. The van der Waals surface area contributed by atoms with E-state index in [-0.39, 0.29) is 11.9 Å². The normalized spacial score (nSPS) is 16.7. The second kappa shape index (κ2) is 8.10. The van der Waals surface area contributed by atoms with Crippen molar-refractivity contribution in [2.45, 2.75) is 37.6 Å². The van der Waals surface area contributed by atoms with Gasteiger partial charge < -0.3 is 9.15 Å². The number of benzene rings is 1. The molecule has 1 aliphatic heterocycles. The number of furan rings is 1. The SMILES string of the molecule is Cc1occc1-c1nnc(SCC(=O)c2ccccc2)n1CC1CCCO1. The van der Waals surface area contributed by atoms with Crippen molar-refractivity contribution < 1.29 is 13.9 Å². The summed E-state index contributed by atoms with van der Waals surface area (Å²) >= 11 is 1.41. The number of nitrogens with zero attached hydrogens (tertiary/aromatic N) is 3. The van der Waals surface area contributed by atoms with E-state index in [2.05, 4.69) is 14.8 Å². The van der Waals surface area contributed by atoms with Gasteiger partial charge in [0.2, 0.25) is 0 Å². The van der Waals surface area contributed by atoms with Crippen LogP contribution in [0.25, 0.3) is 11.4 Å². The van der Waals surface area contributed by atoms with Gasteiger partial charge in [0, 0.05) is 12.2 Å². The number of hydrogen-bond acceptors (Lipinski definition) is 6. The molecule has 2 aromatic heterocycles. The number of ether oxygens (including phenoxy) is 1. The summed E-state index contributed by atoms with van der Waals surface area (Å²) in [6.07, 6.45) is 3.90. The van der Waals surface area contributed by atoms with Gasteiger partial charge in [0.25, 0.3) is 0 Å². The van der Waals surface area contributed by atoms with Crippen LogP contribution >= 0.6 is 11.8 Å². The van der Waals surface area contributed by atoms with E-state index in [1.165, 1.54) is 11.8 Å². The fourth-order valence-electron chi connectivity index (χ4n) is 3.21. The van der Waals surface area contributed by atoms with Gasteiger partial charge in [-0.3, -0.25) is 9.36 Å². The van der Waals surface area contributed by atoms with Crippen LogP contribution in [0.5, 0.6) is 0 Å². The Hall–Kier alpha value is -2.38. The summed E-state index contributed by atoms with van der Waals surface area (Å²) in [6, 6.07) is 11.2. The van der Waals surface area contributed by atoms with E-state index in [1.807, 2.05) is 43.3 Å². The highest BCUT2D eigenvalue weighted by molar-refractivity contribution is 7.99. The van der Waals surface area contributed by atoms with Crippen molar-refractivity contribution >= 4 is 17.5 Å². The first-order valence-electron chi connectivity index (χ1n) is 9.02. The molecular formula is C20H21N3O3S. The Labute approximate surface area is 161 Å². The van der Waals surface area contributed by atoms with E-state index in [0.717, 1.165) is 41.8 Å². The second-order valence-electron chi connectivity index (χ2n) is 6.52. The molecule has 1 aromatic carbocycles. The molecule has 4 rings (SSSR count). The fraction of sp³-hybridized carbons (Fsp3) is 0.350. The molecule has 6 nitrogen and oxygen atoms in total. The van der Waals surface area contributed by atoms with E-state index >= 15 is 0 Å². The molecule has 27 heavy (non-hydrogen) atoms. The van der Waals surface area contributed by atoms with Crippen LogP contribution in [-0.2, 0) is 11.3 Å². The molecule has 3 heterocycles. The average molecular weight is 383 g/mol. The number of aryl methyl sites for hydroxylation is 1. The fourth-order valence-corrected chi connectivity index (χ4v) is 4.05. The molecule has 1 atom stereocenters. The minimum Gasteiger partial charge on any atom is -0.469 e. The quantitative estimate of drug-likeness (QED) is 0.454. The minimum absolute atomic E-state index is 0.0771. The summed E-state index contributed by atoms with van der Waals surface area (Å²) in [7, 11) is 0. The molecule has 140 valence electrons. The van der Waals surface area contributed by atoms with Crippen molar-refractivity contribution in [1.82, 2.24) is 14.8 Å². The van der Waals surface area contributed by atoms with Crippen LogP contribution in [0.15, 0.2) is 52.2 Å². The highest BCUT2D eigenvalue weighted by Gasteiger charge is 2.23. The zero-order chi connectivity index (χ0) is 18.6. The average Bonchev–Trinajstić information content (AvgIpc) is 3.43. The Morgan fingerprint density at radius 3 is 2.81 bits per heavy atom. The van der Waals surface area contributed by atoms with Gasteiger partial charge in [0.1, 0.15) is 5.76 Å². The zero-order valence-corrected chi connectivity index (χ0v) is 15.9. The van der Waals surface area contributed by atoms with E-state index in [4.69, 9.17) is 9.15 Å². The topological polar surface area (TPSA) is 70.2 Å². The van der Waals surface area contributed by atoms with E-state index in [0.29, 0.717) is 17.9 Å². The monoisotopic (exact) mass is 383 g/mol. The van der Waals surface area contributed by atoms with Gasteiger partial charge in [-0.25, -0.2) is 0 Å². The Bertz CT molecular complexity index is 914. The first kappa shape index (κ1) is 18.0. The highest BCUT2D eigenvalue weighted by atomic mass is 32.2. The molecule has 1 fully saturated rings. The third-order valence-corrected chi connectivity index (χ3v) is 5.62. The minimum atomic E-state index is 0.0771. The molecular weight excluding hydrogens is 362 g/mol. The molecule has 7 heteroatoms. The van der Waals surface area contributed by atoms with E-state index in [1.54, 1.807) is 6.26 Å². The number of aromatic nitrogens is 3. The summed E-state index contributed by atoms with van der Waals surface area (Å²) in [5.41, 5.74) is 1.63. The van der Waals surface area contributed by atoms with Crippen LogP contribution in [0, 0.1) is 6.92 Å². The van der Waals surface area contributed by atoms with Gasteiger partial charge in [-0.2, -0.15) is 0 Å². The lowest BCUT2D eigenvalue weighted by molar-refractivity contribution is 0.0953. The Morgan fingerprint density at radius 2 is 2.11 bits per heavy atom. The summed E-state index contributed by atoms with van der Waals surface area (Å²) in [5, 5.41) is 9.45. The van der Waals surface area contributed by atoms with Gasteiger partial charge in [-0.1, -0.05) is 42.1 Å². The van der Waals surface area contributed by atoms with Crippen LogP contribution in [0.1, 0.15) is 29.0 Å². The predicted molar refractivity (Wildman–Crippen MR) is 103 cm³/mol. The smallest absolute Gasteiger partial charge is 0.192 e. The third-order valence-electron chi connectivity index (χ3n) is 4.65. The molecule has 0 amide bonds. The van der Waals surface area contributed by atoms with Crippen LogP contribution in [0.2, 0.25) is 0 Å². The van der Waals surface area contributed by atoms with Crippen LogP contribution in [-0.4, -0.2) is 39.0 Å². The molecule has 0 saturated carbocycles. The Morgan fingerprint density at radius 1 is 1.26 bits per heavy atom. The number of Topliss-reactive ketones (excluding diaryl/α,β-unsaturated/α-hetero) is 1. The first-order valence-corrected chi connectivity index (χ1v) is 10.0. The first-order chi connectivity index (χ1) is 13.2. The largest absolute Gasteiger partial charge is 0.469 e. The van der Waals surface area contributed by atoms with E-state index < -0.39 is 0 Å². The lowest BCUT2D eigenvalue weighted by Gasteiger charge is -2.14. The molecule has 1 aliphatic rings. The zero-order valence-electron chi connectivity index (χ0n) is 15.1. The molecule has 0 N–H and O–H groups in total. The maximum absolute atomic E-state index is 12.4. The maximum Gasteiger partial charge on any atom is 0.192 e. The summed E-state index contributed by atoms with van der Waals surface area (Å²) < 4.78 is 13.3. The van der Waals surface area contributed by atoms with Crippen LogP contribution in [0.3, 0.4) is 0 Å².